The average Bonchev–Trinajstić information content (AvgIpc) is 2.70. The molecule has 0 unspecified atom stereocenters. The average molecular weight is 365 g/mol. The molecule has 2 N–H and O–H groups in total. The van der Waals surface area contributed by atoms with Crippen molar-refractivity contribution in [1.82, 2.24) is 10.4 Å². The van der Waals surface area contributed by atoms with E-state index in [-0.39, 0.29) is 5.91 Å². The zero-order valence-corrected chi connectivity index (χ0v) is 15.5. The first-order valence-electron chi connectivity index (χ1n) is 8.78. The van der Waals surface area contributed by atoms with Gasteiger partial charge in [0.05, 0.1) is 0 Å². The second-order valence-electron chi connectivity index (χ2n) is 6.75. The molecular weight excluding hydrogens is 342 g/mol. The number of carbonyl (C=O) groups is 2. The summed E-state index contributed by atoms with van der Waals surface area (Å²) in [6.45, 7) is 1.09. The molecule has 6 nitrogen and oxygen atoms in total. The van der Waals surface area contributed by atoms with Crippen LogP contribution in [0, 0.1) is 0 Å². The zero-order valence-electron chi connectivity index (χ0n) is 15.5. The van der Waals surface area contributed by atoms with Gasteiger partial charge in [-0.15, -0.1) is 0 Å². The summed E-state index contributed by atoms with van der Waals surface area (Å²) in [5.74, 6) is -0.614. The molecule has 0 spiro atoms. The van der Waals surface area contributed by atoms with Gasteiger partial charge in [0, 0.05) is 44.5 Å². The van der Waals surface area contributed by atoms with Crippen molar-refractivity contribution in [2.24, 2.45) is 0 Å². The number of hydrogen-bond acceptors (Lipinski definition) is 4. The lowest BCUT2D eigenvalue weighted by molar-refractivity contribution is -0.126. The molecule has 2 aromatic rings. The van der Waals surface area contributed by atoms with E-state index in [9.17, 15) is 9.59 Å². The van der Waals surface area contributed by atoms with E-state index < -0.39 is 5.91 Å². The Kier molecular flexibility index (Phi) is 5.57. The monoisotopic (exact) mass is 365 g/mol. The molecule has 0 saturated heterocycles. The Hall–Kier alpha value is -3.12. The number of amides is 2. The molecule has 0 saturated carbocycles. The molecule has 27 heavy (non-hydrogen) atoms. The number of anilines is 1. The molecule has 6 heteroatoms. The van der Waals surface area contributed by atoms with Crippen molar-refractivity contribution in [2.75, 3.05) is 25.5 Å². The maximum Gasteiger partial charge on any atom is 0.274 e. The summed E-state index contributed by atoms with van der Waals surface area (Å²) in [5.41, 5.74) is 6.14. The van der Waals surface area contributed by atoms with Crippen molar-refractivity contribution in [3.8, 4) is 0 Å². The minimum absolute atomic E-state index is 0.0608. The number of hydrogen-bond donors (Lipinski definition) is 2. The molecule has 0 aromatic heterocycles. The summed E-state index contributed by atoms with van der Waals surface area (Å²) in [6.07, 6.45) is 4.14. The van der Waals surface area contributed by atoms with E-state index in [1.54, 1.807) is 28.6 Å². The highest BCUT2D eigenvalue weighted by Gasteiger charge is 2.20. The molecule has 2 amide bonds. The van der Waals surface area contributed by atoms with Gasteiger partial charge in [-0.2, -0.15) is 0 Å². The van der Waals surface area contributed by atoms with Crippen LogP contribution < -0.4 is 10.4 Å². The van der Waals surface area contributed by atoms with Crippen LogP contribution >= 0.6 is 0 Å². The van der Waals surface area contributed by atoms with Gasteiger partial charge in [0.15, 0.2) is 0 Å². The van der Waals surface area contributed by atoms with E-state index >= 15 is 0 Å². The first-order valence-corrected chi connectivity index (χ1v) is 8.78. The van der Waals surface area contributed by atoms with Gasteiger partial charge in [-0.05, 0) is 53.5 Å². The van der Waals surface area contributed by atoms with E-state index in [1.807, 2.05) is 55.4 Å². The normalized spacial score (nSPS) is 13.4. The second kappa shape index (κ2) is 8.05. The largest absolute Gasteiger partial charge is 0.378 e. The van der Waals surface area contributed by atoms with Crippen molar-refractivity contribution in [1.29, 1.82) is 0 Å². The zero-order chi connectivity index (χ0) is 19.4. The number of benzene rings is 2. The van der Waals surface area contributed by atoms with Crippen molar-refractivity contribution in [3.05, 3.63) is 70.8 Å². The number of nitrogens with zero attached hydrogens (tertiary/aromatic N) is 2. The van der Waals surface area contributed by atoms with Gasteiger partial charge in [-0.3, -0.25) is 14.8 Å². The van der Waals surface area contributed by atoms with E-state index in [1.165, 1.54) is 0 Å². The van der Waals surface area contributed by atoms with E-state index in [4.69, 9.17) is 5.21 Å². The Bertz CT molecular complexity index is 873. The summed E-state index contributed by atoms with van der Waals surface area (Å²) in [6, 6.07) is 13.3. The molecule has 1 aliphatic heterocycles. The summed E-state index contributed by atoms with van der Waals surface area (Å²) in [4.78, 5) is 27.9. The molecular formula is C21H23N3O3. The molecule has 1 aliphatic rings. The molecule has 0 fully saturated rings. The Morgan fingerprint density at radius 3 is 2.52 bits per heavy atom. The van der Waals surface area contributed by atoms with Crippen LogP contribution in [0.15, 0.2) is 48.5 Å². The number of rotatable bonds is 4. The van der Waals surface area contributed by atoms with Crippen molar-refractivity contribution in [3.63, 3.8) is 0 Å². The smallest absolute Gasteiger partial charge is 0.274 e. The molecule has 3 rings (SSSR count). The molecule has 2 aromatic carbocycles. The highest BCUT2D eigenvalue weighted by atomic mass is 16.5. The summed E-state index contributed by atoms with van der Waals surface area (Å²) in [7, 11) is 3.97. The molecule has 0 radical (unpaired) electrons. The fourth-order valence-electron chi connectivity index (χ4n) is 3.11. The quantitative estimate of drug-likeness (QED) is 0.496. The second-order valence-corrected chi connectivity index (χ2v) is 6.75. The number of hydroxylamine groups is 1. The van der Waals surface area contributed by atoms with E-state index in [0.717, 1.165) is 28.8 Å². The van der Waals surface area contributed by atoms with Crippen LogP contribution in [0.5, 0.6) is 0 Å². The van der Waals surface area contributed by atoms with Gasteiger partial charge in [0.2, 0.25) is 5.91 Å². The SMILES string of the molecule is CN(C)c1ccc(C=CC(=O)N2CCc3ccc(C(=O)NO)cc3C2)cc1. The highest BCUT2D eigenvalue weighted by Crippen LogP contribution is 2.21. The Morgan fingerprint density at radius 1 is 1.11 bits per heavy atom. The van der Waals surface area contributed by atoms with Gasteiger partial charge in [0.25, 0.3) is 5.91 Å². The van der Waals surface area contributed by atoms with Crippen molar-refractivity contribution in [2.45, 2.75) is 13.0 Å². The Morgan fingerprint density at radius 2 is 1.85 bits per heavy atom. The highest BCUT2D eigenvalue weighted by molar-refractivity contribution is 5.94. The first kappa shape index (κ1) is 18.7. The van der Waals surface area contributed by atoms with E-state index in [0.29, 0.717) is 18.7 Å². The van der Waals surface area contributed by atoms with Crippen molar-refractivity contribution >= 4 is 23.6 Å². The maximum atomic E-state index is 12.5. The molecule has 0 bridgehead atoms. The topological polar surface area (TPSA) is 72.9 Å². The maximum absolute atomic E-state index is 12.5. The van der Waals surface area contributed by atoms with Crippen molar-refractivity contribution < 1.29 is 14.8 Å². The van der Waals surface area contributed by atoms with E-state index in [2.05, 4.69) is 0 Å². The lowest BCUT2D eigenvalue weighted by atomic mass is 9.97. The molecule has 0 aliphatic carbocycles. The fraction of sp³-hybridized carbons (Fsp3) is 0.238. The molecule has 1 heterocycles. The third-order valence-electron chi connectivity index (χ3n) is 4.72. The number of carbonyl (C=O) groups excluding carboxylic acids is 2. The predicted octanol–water partition coefficient (Wildman–Crippen LogP) is 2.47. The predicted molar refractivity (Wildman–Crippen MR) is 105 cm³/mol. The van der Waals surface area contributed by atoms with Crippen LogP contribution in [0.25, 0.3) is 6.08 Å². The van der Waals surface area contributed by atoms with Gasteiger partial charge in [0.1, 0.15) is 0 Å². The first-order chi connectivity index (χ1) is 13.0. The number of fused-ring (bicyclic) bond motifs is 1. The summed E-state index contributed by atoms with van der Waals surface area (Å²) in [5, 5.41) is 8.78. The van der Waals surface area contributed by atoms with Gasteiger partial charge in [-0.1, -0.05) is 18.2 Å². The van der Waals surface area contributed by atoms with Crippen LogP contribution in [-0.2, 0) is 17.8 Å². The van der Waals surface area contributed by atoms with Crippen LogP contribution in [0.3, 0.4) is 0 Å². The minimum atomic E-state index is -0.553. The number of nitrogens with one attached hydrogen (secondary N) is 1. The van der Waals surface area contributed by atoms with Crippen LogP contribution in [0.2, 0.25) is 0 Å². The summed E-state index contributed by atoms with van der Waals surface area (Å²) >= 11 is 0. The third-order valence-corrected chi connectivity index (χ3v) is 4.72. The van der Waals surface area contributed by atoms with Gasteiger partial charge < -0.3 is 9.80 Å². The van der Waals surface area contributed by atoms with Gasteiger partial charge >= 0.3 is 0 Å². The lowest BCUT2D eigenvalue weighted by Gasteiger charge is -2.28. The molecule has 140 valence electrons. The van der Waals surface area contributed by atoms with Crippen LogP contribution in [0.4, 0.5) is 5.69 Å². The third kappa shape index (κ3) is 4.35. The fourth-order valence-corrected chi connectivity index (χ4v) is 3.11. The minimum Gasteiger partial charge on any atom is -0.378 e. The lowest BCUT2D eigenvalue weighted by Crippen LogP contribution is -2.35. The Balaban J connectivity index is 1.69. The molecule has 0 atom stereocenters. The summed E-state index contributed by atoms with van der Waals surface area (Å²) < 4.78 is 0. The Labute approximate surface area is 158 Å². The standard InChI is InChI=1S/C21H23N3O3/c1-23(2)19-8-3-15(4-9-19)5-10-20(25)24-12-11-16-6-7-17(21(26)22-27)13-18(16)14-24/h3-10,13,27H,11-12,14H2,1-2H3,(H,22,26). The van der Waals surface area contributed by atoms with Gasteiger partial charge in [-0.25, -0.2) is 5.48 Å². The van der Waals surface area contributed by atoms with Crippen LogP contribution in [0.1, 0.15) is 27.0 Å². The van der Waals surface area contributed by atoms with Crippen LogP contribution in [-0.4, -0.2) is 42.6 Å².